The fourth-order valence-corrected chi connectivity index (χ4v) is 4.10. The van der Waals surface area contributed by atoms with Crippen LogP contribution in [0, 0.1) is 18.3 Å². The number of hydrogen-bond donors (Lipinski definition) is 1. The van der Waals surface area contributed by atoms with Crippen LogP contribution < -0.4 is 5.73 Å². The highest BCUT2D eigenvalue weighted by atomic mass is 15.1. The Morgan fingerprint density at radius 2 is 1.76 bits per heavy atom. The summed E-state index contributed by atoms with van der Waals surface area (Å²) < 4.78 is 2.11. The summed E-state index contributed by atoms with van der Waals surface area (Å²) in [4.78, 5) is 4.95. The standard InChI is InChI=1S/C18H27N3/c1-2-12-21-17(19)16(13-14-8-4-3-5-9-14)20-18(21)15-10-6-7-11-15/h1,14-15H,3-13,19H2. The van der Waals surface area contributed by atoms with Crippen LogP contribution in [0.25, 0.3) is 0 Å². The third kappa shape index (κ3) is 3.10. The maximum Gasteiger partial charge on any atom is 0.127 e. The summed E-state index contributed by atoms with van der Waals surface area (Å²) in [5, 5.41) is 0. The molecule has 3 nitrogen and oxygen atoms in total. The van der Waals surface area contributed by atoms with E-state index >= 15 is 0 Å². The van der Waals surface area contributed by atoms with Crippen LogP contribution >= 0.6 is 0 Å². The Kier molecular flexibility index (Phi) is 4.53. The molecular weight excluding hydrogens is 258 g/mol. The summed E-state index contributed by atoms with van der Waals surface area (Å²) in [6.07, 6.45) is 18.5. The first-order valence-electron chi connectivity index (χ1n) is 8.58. The van der Waals surface area contributed by atoms with E-state index in [4.69, 9.17) is 17.1 Å². The molecular formula is C18H27N3. The predicted octanol–water partition coefficient (Wildman–Crippen LogP) is 3.88. The number of nitrogen functional groups attached to an aromatic ring is 1. The van der Waals surface area contributed by atoms with Gasteiger partial charge in [0.15, 0.2) is 0 Å². The van der Waals surface area contributed by atoms with Gasteiger partial charge in [-0.25, -0.2) is 4.98 Å². The summed E-state index contributed by atoms with van der Waals surface area (Å²) in [7, 11) is 0. The summed E-state index contributed by atoms with van der Waals surface area (Å²) >= 11 is 0. The second kappa shape index (κ2) is 6.56. The van der Waals surface area contributed by atoms with E-state index in [2.05, 4.69) is 10.5 Å². The van der Waals surface area contributed by atoms with Crippen molar-refractivity contribution in [3.63, 3.8) is 0 Å². The molecule has 114 valence electrons. The van der Waals surface area contributed by atoms with Crippen molar-refractivity contribution in [2.45, 2.75) is 76.7 Å². The van der Waals surface area contributed by atoms with Crippen LogP contribution in [0.3, 0.4) is 0 Å². The molecule has 1 aromatic heterocycles. The van der Waals surface area contributed by atoms with Crippen molar-refractivity contribution in [1.29, 1.82) is 0 Å². The van der Waals surface area contributed by atoms with Crippen molar-refractivity contribution in [3.8, 4) is 12.3 Å². The Balaban J connectivity index is 1.82. The van der Waals surface area contributed by atoms with E-state index in [1.54, 1.807) is 0 Å². The van der Waals surface area contributed by atoms with Crippen molar-refractivity contribution in [1.82, 2.24) is 9.55 Å². The van der Waals surface area contributed by atoms with Gasteiger partial charge in [0.05, 0.1) is 12.2 Å². The molecule has 2 N–H and O–H groups in total. The molecule has 1 heterocycles. The summed E-state index contributed by atoms with van der Waals surface area (Å²) in [6.45, 7) is 0.565. The zero-order valence-electron chi connectivity index (χ0n) is 13.0. The van der Waals surface area contributed by atoms with Crippen LogP contribution in [0.4, 0.5) is 5.82 Å². The van der Waals surface area contributed by atoms with Crippen molar-refractivity contribution in [2.75, 3.05) is 5.73 Å². The average molecular weight is 285 g/mol. The second-order valence-electron chi connectivity index (χ2n) is 6.78. The highest BCUT2D eigenvalue weighted by Crippen LogP contribution is 2.36. The van der Waals surface area contributed by atoms with Gasteiger partial charge < -0.3 is 10.3 Å². The Hall–Kier alpha value is -1.43. The van der Waals surface area contributed by atoms with Crippen LogP contribution in [0.2, 0.25) is 0 Å². The first-order valence-corrected chi connectivity index (χ1v) is 8.58. The SMILES string of the molecule is C#CCn1c(C2CCCC2)nc(CC2CCCCC2)c1N. The molecule has 3 heteroatoms. The smallest absolute Gasteiger partial charge is 0.127 e. The molecule has 2 aliphatic carbocycles. The lowest BCUT2D eigenvalue weighted by molar-refractivity contribution is 0.355. The molecule has 2 aliphatic rings. The minimum absolute atomic E-state index is 0.565. The number of rotatable bonds is 4. The van der Waals surface area contributed by atoms with E-state index in [-0.39, 0.29) is 0 Å². The molecule has 2 fully saturated rings. The molecule has 0 radical (unpaired) electrons. The van der Waals surface area contributed by atoms with Crippen molar-refractivity contribution in [2.24, 2.45) is 5.92 Å². The topological polar surface area (TPSA) is 43.8 Å². The molecule has 0 unspecified atom stereocenters. The quantitative estimate of drug-likeness (QED) is 0.853. The highest BCUT2D eigenvalue weighted by Gasteiger charge is 2.26. The van der Waals surface area contributed by atoms with E-state index in [1.807, 2.05) is 0 Å². The average Bonchev–Trinajstić information content (AvgIpc) is 3.12. The lowest BCUT2D eigenvalue weighted by Crippen LogP contribution is -2.11. The van der Waals surface area contributed by atoms with E-state index in [9.17, 15) is 0 Å². The second-order valence-corrected chi connectivity index (χ2v) is 6.78. The molecule has 2 saturated carbocycles. The number of terminal acetylenes is 1. The maximum atomic E-state index is 6.38. The van der Waals surface area contributed by atoms with Gasteiger partial charge in [-0.2, -0.15) is 0 Å². The van der Waals surface area contributed by atoms with Gasteiger partial charge in [-0.05, 0) is 25.2 Å². The van der Waals surface area contributed by atoms with Crippen LogP contribution in [-0.2, 0) is 13.0 Å². The van der Waals surface area contributed by atoms with Crippen LogP contribution in [0.15, 0.2) is 0 Å². The fraction of sp³-hybridized carbons (Fsp3) is 0.722. The van der Waals surface area contributed by atoms with Crippen LogP contribution in [0.5, 0.6) is 0 Å². The van der Waals surface area contributed by atoms with Gasteiger partial charge >= 0.3 is 0 Å². The van der Waals surface area contributed by atoms with Crippen molar-refractivity contribution >= 4 is 5.82 Å². The van der Waals surface area contributed by atoms with E-state index in [0.29, 0.717) is 12.5 Å². The summed E-state index contributed by atoms with van der Waals surface area (Å²) in [5.41, 5.74) is 7.49. The number of aromatic nitrogens is 2. The molecule has 0 atom stereocenters. The zero-order chi connectivity index (χ0) is 14.7. The lowest BCUT2D eigenvalue weighted by Gasteiger charge is -2.20. The van der Waals surface area contributed by atoms with Crippen molar-refractivity contribution in [3.05, 3.63) is 11.5 Å². The zero-order valence-corrected chi connectivity index (χ0v) is 13.0. The maximum absolute atomic E-state index is 6.38. The third-order valence-electron chi connectivity index (χ3n) is 5.29. The van der Waals surface area contributed by atoms with Gasteiger partial charge in [0.2, 0.25) is 0 Å². The molecule has 0 aromatic carbocycles. The molecule has 0 saturated heterocycles. The van der Waals surface area contributed by atoms with Crippen LogP contribution in [-0.4, -0.2) is 9.55 Å². The molecule has 0 spiro atoms. The largest absolute Gasteiger partial charge is 0.384 e. The van der Waals surface area contributed by atoms with Crippen LogP contribution in [0.1, 0.15) is 75.2 Å². The minimum atomic E-state index is 0.565. The summed E-state index contributed by atoms with van der Waals surface area (Å²) in [6, 6.07) is 0. The third-order valence-corrected chi connectivity index (χ3v) is 5.29. The molecule has 1 aromatic rings. The Bertz CT molecular complexity index is 511. The van der Waals surface area contributed by atoms with Gasteiger partial charge in [0.25, 0.3) is 0 Å². The monoisotopic (exact) mass is 285 g/mol. The number of hydrogen-bond acceptors (Lipinski definition) is 2. The molecule has 3 rings (SSSR count). The number of anilines is 1. The Morgan fingerprint density at radius 1 is 1.10 bits per heavy atom. The van der Waals surface area contributed by atoms with Gasteiger partial charge in [-0.1, -0.05) is 50.9 Å². The van der Waals surface area contributed by atoms with Gasteiger partial charge in [-0.15, -0.1) is 6.42 Å². The van der Waals surface area contributed by atoms with E-state index in [1.165, 1.54) is 57.8 Å². The summed E-state index contributed by atoms with van der Waals surface area (Å²) in [5.74, 6) is 6.08. The van der Waals surface area contributed by atoms with Gasteiger partial charge in [-0.3, -0.25) is 0 Å². The molecule has 21 heavy (non-hydrogen) atoms. The van der Waals surface area contributed by atoms with Gasteiger partial charge in [0, 0.05) is 5.92 Å². The first kappa shape index (κ1) is 14.5. The fourth-order valence-electron chi connectivity index (χ4n) is 4.10. The Morgan fingerprint density at radius 3 is 2.43 bits per heavy atom. The predicted molar refractivity (Wildman–Crippen MR) is 87.0 cm³/mol. The molecule has 0 bridgehead atoms. The van der Waals surface area contributed by atoms with Crippen molar-refractivity contribution < 1.29 is 0 Å². The lowest BCUT2D eigenvalue weighted by atomic mass is 9.86. The molecule has 0 aliphatic heterocycles. The highest BCUT2D eigenvalue weighted by molar-refractivity contribution is 5.40. The number of nitrogens with zero attached hydrogens (tertiary/aromatic N) is 2. The Labute approximate surface area is 128 Å². The minimum Gasteiger partial charge on any atom is -0.384 e. The molecule has 0 amide bonds. The number of nitrogens with two attached hydrogens (primary N) is 1. The first-order chi connectivity index (χ1) is 10.3. The van der Waals surface area contributed by atoms with Gasteiger partial charge in [0.1, 0.15) is 11.6 Å². The normalized spacial score (nSPS) is 20.7. The van der Waals surface area contributed by atoms with E-state index < -0.39 is 0 Å². The van der Waals surface area contributed by atoms with E-state index in [0.717, 1.165) is 29.7 Å². The number of imidazole rings is 1.